The van der Waals surface area contributed by atoms with Gasteiger partial charge in [-0.05, 0) is 41.9 Å². The topological polar surface area (TPSA) is 9.23 Å². The smallest absolute Gasteiger partial charge is 0.130 e. The summed E-state index contributed by atoms with van der Waals surface area (Å²) in [6.45, 7) is 11.8. The molecule has 0 bridgehead atoms. The number of hydrogen-bond donors (Lipinski definition) is 0. The summed E-state index contributed by atoms with van der Waals surface area (Å²) in [5, 5.41) is 0. The summed E-state index contributed by atoms with van der Waals surface area (Å²) in [6.07, 6.45) is 1.05. The van der Waals surface area contributed by atoms with Crippen LogP contribution in [0.5, 0.6) is 5.75 Å². The molecule has 1 nitrogen and oxygen atoms in total. The second-order valence-corrected chi connectivity index (χ2v) is 6.57. The van der Waals surface area contributed by atoms with Crippen molar-refractivity contribution in [3.05, 3.63) is 53.6 Å². The predicted octanol–water partition coefficient (Wildman–Crippen LogP) is 6.07. The van der Waals surface area contributed by atoms with Crippen LogP contribution in [0.15, 0.2) is 42.5 Å². The normalized spacial score (nSPS) is 11.2. The number of benzene rings is 2. The Labute approximate surface area is 135 Å². The molecule has 22 heavy (non-hydrogen) atoms. The SMILES string of the molecule is CCOc1c(CC(C)C)ccc(C(C)C)c1-c1ccccc1. The highest BCUT2D eigenvalue weighted by Crippen LogP contribution is 2.40. The fraction of sp³-hybridized carbons (Fsp3) is 0.429. The number of rotatable bonds is 6. The van der Waals surface area contributed by atoms with Crippen molar-refractivity contribution in [2.75, 3.05) is 6.61 Å². The molecule has 0 saturated heterocycles. The van der Waals surface area contributed by atoms with Gasteiger partial charge in [0, 0.05) is 5.56 Å². The quantitative estimate of drug-likeness (QED) is 0.628. The van der Waals surface area contributed by atoms with Crippen molar-refractivity contribution in [2.24, 2.45) is 5.92 Å². The molecule has 0 heterocycles. The minimum Gasteiger partial charge on any atom is -0.493 e. The standard InChI is InChI=1S/C21H28O/c1-6-22-21-18(14-15(2)3)12-13-19(16(4)5)20(21)17-10-8-7-9-11-17/h7-13,15-16H,6,14H2,1-5H3. The highest BCUT2D eigenvalue weighted by Gasteiger charge is 2.18. The lowest BCUT2D eigenvalue weighted by molar-refractivity contribution is 0.336. The lowest BCUT2D eigenvalue weighted by atomic mass is 9.88. The molecule has 118 valence electrons. The zero-order valence-electron chi connectivity index (χ0n) is 14.5. The summed E-state index contributed by atoms with van der Waals surface area (Å²) >= 11 is 0. The van der Waals surface area contributed by atoms with Crippen molar-refractivity contribution < 1.29 is 4.74 Å². The summed E-state index contributed by atoms with van der Waals surface area (Å²) in [4.78, 5) is 0. The molecule has 2 aromatic rings. The first kappa shape index (κ1) is 16.6. The van der Waals surface area contributed by atoms with Gasteiger partial charge in [-0.2, -0.15) is 0 Å². The molecular weight excluding hydrogens is 268 g/mol. The summed E-state index contributed by atoms with van der Waals surface area (Å²) in [7, 11) is 0. The van der Waals surface area contributed by atoms with Crippen molar-refractivity contribution in [1.29, 1.82) is 0 Å². The fourth-order valence-electron chi connectivity index (χ4n) is 2.93. The van der Waals surface area contributed by atoms with E-state index >= 15 is 0 Å². The van der Waals surface area contributed by atoms with Crippen LogP contribution in [0.4, 0.5) is 0 Å². The van der Waals surface area contributed by atoms with Gasteiger partial charge in [-0.15, -0.1) is 0 Å². The first-order valence-corrected chi connectivity index (χ1v) is 8.38. The third kappa shape index (κ3) is 3.71. The summed E-state index contributed by atoms with van der Waals surface area (Å²) in [5.41, 5.74) is 5.21. The van der Waals surface area contributed by atoms with Crippen molar-refractivity contribution in [1.82, 2.24) is 0 Å². The summed E-state index contributed by atoms with van der Waals surface area (Å²) in [5.74, 6) is 2.17. The molecule has 0 aliphatic carbocycles. The van der Waals surface area contributed by atoms with Crippen LogP contribution in [0.2, 0.25) is 0 Å². The van der Waals surface area contributed by atoms with E-state index in [-0.39, 0.29) is 0 Å². The molecule has 0 aliphatic heterocycles. The Kier molecular flexibility index (Phi) is 5.65. The first-order valence-electron chi connectivity index (χ1n) is 8.38. The minimum absolute atomic E-state index is 0.475. The molecule has 0 N–H and O–H groups in total. The van der Waals surface area contributed by atoms with Crippen LogP contribution in [0.3, 0.4) is 0 Å². The molecular formula is C21H28O. The molecule has 0 amide bonds. The molecule has 0 saturated carbocycles. The van der Waals surface area contributed by atoms with Gasteiger partial charge >= 0.3 is 0 Å². The molecule has 0 fully saturated rings. The van der Waals surface area contributed by atoms with E-state index in [1.54, 1.807) is 0 Å². The van der Waals surface area contributed by atoms with E-state index in [0.717, 1.165) is 12.2 Å². The summed E-state index contributed by atoms with van der Waals surface area (Å²) in [6, 6.07) is 15.2. The Morgan fingerprint density at radius 2 is 1.59 bits per heavy atom. The molecule has 2 rings (SSSR count). The third-order valence-corrected chi connectivity index (χ3v) is 3.87. The molecule has 2 aromatic carbocycles. The monoisotopic (exact) mass is 296 g/mol. The molecule has 0 spiro atoms. The van der Waals surface area contributed by atoms with E-state index in [9.17, 15) is 0 Å². The van der Waals surface area contributed by atoms with Crippen LogP contribution < -0.4 is 4.74 Å². The van der Waals surface area contributed by atoms with Crippen molar-refractivity contribution in [3.8, 4) is 16.9 Å². The average molecular weight is 296 g/mol. The molecule has 0 aliphatic rings. The Morgan fingerprint density at radius 3 is 2.14 bits per heavy atom. The lowest BCUT2D eigenvalue weighted by Gasteiger charge is -2.21. The lowest BCUT2D eigenvalue weighted by Crippen LogP contribution is -2.05. The van der Waals surface area contributed by atoms with E-state index < -0.39 is 0 Å². The third-order valence-electron chi connectivity index (χ3n) is 3.87. The predicted molar refractivity (Wildman–Crippen MR) is 95.7 cm³/mol. The van der Waals surface area contributed by atoms with Gasteiger partial charge in [0.15, 0.2) is 0 Å². The maximum atomic E-state index is 6.11. The van der Waals surface area contributed by atoms with Crippen molar-refractivity contribution in [2.45, 2.75) is 47.0 Å². The zero-order chi connectivity index (χ0) is 16.1. The van der Waals surface area contributed by atoms with Gasteiger partial charge in [0.05, 0.1) is 6.61 Å². The molecule has 0 unspecified atom stereocenters. The van der Waals surface area contributed by atoms with Crippen molar-refractivity contribution in [3.63, 3.8) is 0 Å². The van der Waals surface area contributed by atoms with Crippen LogP contribution in [-0.4, -0.2) is 6.61 Å². The Bertz CT molecular complexity index is 597. The van der Waals surface area contributed by atoms with E-state index in [0.29, 0.717) is 18.4 Å². The van der Waals surface area contributed by atoms with Gasteiger partial charge in [0.2, 0.25) is 0 Å². The van der Waals surface area contributed by atoms with Gasteiger partial charge in [0.25, 0.3) is 0 Å². The Morgan fingerprint density at radius 1 is 0.909 bits per heavy atom. The van der Waals surface area contributed by atoms with Crippen LogP contribution in [-0.2, 0) is 6.42 Å². The summed E-state index contributed by atoms with van der Waals surface area (Å²) < 4.78 is 6.11. The van der Waals surface area contributed by atoms with Gasteiger partial charge in [-0.1, -0.05) is 70.2 Å². The fourth-order valence-corrected chi connectivity index (χ4v) is 2.93. The van der Waals surface area contributed by atoms with Crippen molar-refractivity contribution >= 4 is 0 Å². The van der Waals surface area contributed by atoms with E-state index in [4.69, 9.17) is 4.74 Å². The minimum atomic E-state index is 0.475. The Balaban J connectivity index is 2.68. The molecule has 0 radical (unpaired) electrons. The van der Waals surface area contributed by atoms with Crippen LogP contribution in [0.1, 0.15) is 51.7 Å². The second-order valence-electron chi connectivity index (χ2n) is 6.57. The number of ether oxygens (including phenoxy) is 1. The van der Waals surface area contributed by atoms with Gasteiger partial charge < -0.3 is 4.74 Å². The zero-order valence-corrected chi connectivity index (χ0v) is 14.5. The molecule has 0 atom stereocenters. The van der Waals surface area contributed by atoms with E-state index in [1.807, 2.05) is 0 Å². The molecule has 1 heteroatoms. The largest absolute Gasteiger partial charge is 0.493 e. The van der Waals surface area contributed by atoms with Gasteiger partial charge in [0.1, 0.15) is 5.75 Å². The second kappa shape index (κ2) is 7.49. The maximum Gasteiger partial charge on any atom is 0.130 e. The Hall–Kier alpha value is -1.76. The first-order chi connectivity index (χ1) is 10.5. The van der Waals surface area contributed by atoms with Crippen LogP contribution >= 0.6 is 0 Å². The number of hydrogen-bond acceptors (Lipinski definition) is 1. The highest BCUT2D eigenvalue weighted by atomic mass is 16.5. The molecule has 0 aromatic heterocycles. The van der Waals surface area contributed by atoms with Crippen LogP contribution in [0.25, 0.3) is 11.1 Å². The highest BCUT2D eigenvalue weighted by molar-refractivity contribution is 5.76. The average Bonchev–Trinajstić information content (AvgIpc) is 2.49. The van der Waals surface area contributed by atoms with E-state index in [2.05, 4.69) is 77.1 Å². The van der Waals surface area contributed by atoms with Gasteiger partial charge in [-0.3, -0.25) is 0 Å². The van der Waals surface area contributed by atoms with E-state index in [1.165, 1.54) is 22.3 Å². The van der Waals surface area contributed by atoms with Gasteiger partial charge in [-0.25, -0.2) is 0 Å². The van der Waals surface area contributed by atoms with Crippen LogP contribution in [0, 0.1) is 5.92 Å². The maximum absolute atomic E-state index is 6.11.